The molecule has 2 aliphatic rings. The van der Waals surface area contributed by atoms with E-state index in [0.29, 0.717) is 17.5 Å². The Morgan fingerprint density at radius 1 is 1.03 bits per heavy atom. The minimum atomic E-state index is -4.28. The molecule has 2 aromatic carbocycles. The van der Waals surface area contributed by atoms with Gasteiger partial charge in [-0.25, -0.2) is 0 Å². The zero-order valence-corrected chi connectivity index (χ0v) is 19.0. The van der Waals surface area contributed by atoms with Gasteiger partial charge >= 0.3 is 6.18 Å². The van der Waals surface area contributed by atoms with Crippen molar-refractivity contribution in [3.8, 4) is 0 Å². The number of aliphatic hydroxyl groups excluding tert-OH is 1. The van der Waals surface area contributed by atoms with Gasteiger partial charge in [-0.3, -0.25) is 0 Å². The van der Waals surface area contributed by atoms with Crippen LogP contribution in [0.4, 0.5) is 13.2 Å². The number of piperidine rings is 1. The summed E-state index contributed by atoms with van der Waals surface area (Å²) in [4.78, 5) is 2.38. The Hall–Kier alpha value is -1.56. The molecule has 1 aliphatic heterocycles. The van der Waals surface area contributed by atoms with Crippen molar-refractivity contribution < 1.29 is 18.3 Å². The van der Waals surface area contributed by atoms with Crippen molar-refractivity contribution in [1.82, 2.24) is 4.90 Å². The van der Waals surface area contributed by atoms with Gasteiger partial charge in [0.1, 0.15) is 0 Å². The molecule has 2 aromatic rings. The van der Waals surface area contributed by atoms with Gasteiger partial charge in [-0.2, -0.15) is 13.2 Å². The van der Waals surface area contributed by atoms with E-state index in [2.05, 4.69) is 4.90 Å². The monoisotopic (exact) mass is 465 g/mol. The normalized spacial score (nSPS) is 22.3. The van der Waals surface area contributed by atoms with Gasteiger partial charge < -0.3 is 10.0 Å². The fourth-order valence-electron chi connectivity index (χ4n) is 5.36. The molecule has 1 N–H and O–H groups in total. The van der Waals surface area contributed by atoms with Crippen LogP contribution in [0.2, 0.25) is 5.02 Å². The minimum absolute atomic E-state index is 0.169. The predicted molar refractivity (Wildman–Crippen MR) is 122 cm³/mol. The molecule has 2 atom stereocenters. The summed E-state index contributed by atoms with van der Waals surface area (Å²) in [7, 11) is 0. The van der Waals surface area contributed by atoms with Crippen LogP contribution in [0.1, 0.15) is 55.2 Å². The third-order valence-corrected chi connectivity index (χ3v) is 7.71. The third kappa shape index (κ3) is 5.32. The van der Waals surface area contributed by atoms with E-state index in [1.807, 2.05) is 24.3 Å². The lowest BCUT2D eigenvalue weighted by Crippen LogP contribution is -2.52. The highest BCUT2D eigenvalue weighted by molar-refractivity contribution is 6.30. The average Bonchev–Trinajstić information content (AvgIpc) is 2.73. The first-order chi connectivity index (χ1) is 15.3. The van der Waals surface area contributed by atoms with E-state index in [1.54, 1.807) is 12.1 Å². The van der Waals surface area contributed by atoms with E-state index in [4.69, 9.17) is 11.6 Å². The summed E-state index contributed by atoms with van der Waals surface area (Å²) in [6.45, 7) is 2.60. The maximum absolute atomic E-state index is 12.8. The number of benzene rings is 2. The quantitative estimate of drug-likeness (QED) is 0.505. The first-order valence-corrected chi connectivity index (χ1v) is 12.0. The van der Waals surface area contributed by atoms with Gasteiger partial charge in [-0.05, 0) is 86.4 Å². The summed E-state index contributed by atoms with van der Waals surface area (Å²) in [6.07, 6.45) is 2.41. The maximum atomic E-state index is 12.8. The Labute approximate surface area is 193 Å². The van der Waals surface area contributed by atoms with Crippen LogP contribution >= 0.6 is 11.6 Å². The van der Waals surface area contributed by atoms with E-state index in [-0.39, 0.29) is 5.41 Å². The summed E-state index contributed by atoms with van der Waals surface area (Å²) >= 11 is 6.06. The van der Waals surface area contributed by atoms with Crippen LogP contribution in [0.3, 0.4) is 0 Å². The van der Waals surface area contributed by atoms with Crippen molar-refractivity contribution in [3.63, 3.8) is 0 Å². The molecule has 2 nitrogen and oxygen atoms in total. The van der Waals surface area contributed by atoms with Crippen LogP contribution in [-0.2, 0) is 18.0 Å². The third-order valence-electron chi connectivity index (χ3n) is 7.46. The number of nitrogens with zero attached hydrogens (tertiary/aromatic N) is 1. The SMILES string of the molecule is O[C@H](CN1CCCC(CCc2ccc(C(F)(F)F)cc2)C1)C1(c2ccc(Cl)cc2)CCC1. The number of rotatable bonds is 7. The topological polar surface area (TPSA) is 23.5 Å². The first-order valence-electron chi connectivity index (χ1n) is 11.6. The molecule has 1 aliphatic carbocycles. The highest BCUT2D eigenvalue weighted by Crippen LogP contribution is 2.47. The molecule has 0 spiro atoms. The van der Waals surface area contributed by atoms with E-state index in [9.17, 15) is 18.3 Å². The van der Waals surface area contributed by atoms with Gasteiger partial charge in [-0.15, -0.1) is 0 Å². The smallest absolute Gasteiger partial charge is 0.391 e. The zero-order valence-electron chi connectivity index (χ0n) is 18.3. The van der Waals surface area contributed by atoms with E-state index < -0.39 is 17.8 Å². The van der Waals surface area contributed by atoms with Crippen LogP contribution < -0.4 is 0 Å². The summed E-state index contributed by atoms with van der Waals surface area (Å²) in [5.41, 5.74) is 1.37. The largest absolute Gasteiger partial charge is 0.416 e. The number of aryl methyl sites for hydroxylation is 1. The summed E-state index contributed by atoms with van der Waals surface area (Å²) in [5.74, 6) is 0.506. The van der Waals surface area contributed by atoms with Gasteiger partial charge in [0.15, 0.2) is 0 Å². The van der Waals surface area contributed by atoms with Crippen molar-refractivity contribution in [2.75, 3.05) is 19.6 Å². The predicted octanol–water partition coefficient (Wildman–Crippen LogP) is 6.49. The Morgan fingerprint density at radius 3 is 2.31 bits per heavy atom. The molecule has 0 amide bonds. The van der Waals surface area contributed by atoms with E-state index in [1.165, 1.54) is 17.7 Å². The Bertz CT molecular complexity index is 877. The Morgan fingerprint density at radius 2 is 1.72 bits per heavy atom. The summed E-state index contributed by atoms with van der Waals surface area (Å²) in [6, 6.07) is 13.5. The van der Waals surface area contributed by atoms with Crippen LogP contribution in [-0.4, -0.2) is 35.7 Å². The lowest BCUT2D eigenvalue weighted by atomic mass is 9.61. The number of hydrogen-bond acceptors (Lipinski definition) is 2. The zero-order chi connectivity index (χ0) is 22.8. The van der Waals surface area contributed by atoms with Gasteiger partial charge in [0, 0.05) is 23.5 Å². The van der Waals surface area contributed by atoms with Gasteiger partial charge in [-0.1, -0.05) is 42.3 Å². The second kappa shape index (κ2) is 9.74. The molecule has 1 saturated heterocycles. The van der Waals surface area contributed by atoms with Gasteiger partial charge in [0.05, 0.1) is 11.7 Å². The van der Waals surface area contributed by atoms with Crippen molar-refractivity contribution >= 4 is 11.6 Å². The molecule has 0 aromatic heterocycles. The number of hydrogen-bond donors (Lipinski definition) is 1. The van der Waals surface area contributed by atoms with E-state index >= 15 is 0 Å². The van der Waals surface area contributed by atoms with Crippen LogP contribution in [0.5, 0.6) is 0 Å². The summed E-state index contributed by atoms with van der Waals surface area (Å²) in [5, 5.41) is 11.9. The molecule has 1 saturated carbocycles. The highest BCUT2D eigenvalue weighted by Gasteiger charge is 2.45. The molecule has 0 radical (unpaired) electrons. The summed E-state index contributed by atoms with van der Waals surface area (Å²) < 4.78 is 38.3. The lowest BCUT2D eigenvalue weighted by Gasteiger charge is -2.48. The van der Waals surface area contributed by atoms with Gasteiger partial charge in [0.25, 0.3) is 0 Å². The molecule has 32 heavy (non-hydrogen) atoms. The van der Waals surface area contributed by atoms with Gasteiger partial charge in [0.2, 0.25) is 0 Å². The molecule has 1 heterocycles. The highest BCUT2D eigenvalue weighted by atomic mass is 35.5. The molecule has 6 heteroatoms. The van der Waals surface area contributed by atoms with Crippen LogP contribution in [0.15, 0.2) is 48.5 Å². The molecular formula is C26H31ClF3NO. The molecule has 1 unspecified atom stereocenters. The molecule has 2 fully saturated rings. The van der Waals surface area contributed by atoms with Crippen molar-refractivity contribution in [2.45, 2.75) is 62.6 Å². The molecule has 174 valence electrons. The average molecular weight is 466 g/mol. The van der Waals surface area contributed by atoms with Crippen molar-refractivity contribution in [1.29, 1.82) is 0 Å². The lowest BCUT2D eigenvalue weighted by molar-refractivity contribution is -0.137. The second-order valence-electron chi connectivity index (χ2n) is 9.53. The number of aliphatic hydroxyl groups is 1. The first kappa shape index (κ1) is 23.6. The standard InChI is InChI=1S/C26H31ClF3NO/c27-23-12-10-21(11-13-23)25(14-2-15-25)24(32)18-31-16-1-3-20(17-31)5-4-19-6-8-22(9-7-19)26(28,29)30/h6-13,20,24,32H,1-5,14-18H2/t20?,24-/m1/s1. The Balaban J connectivity index is 1.31. The van der Waals surface area contributed by atoms with Crippen molar-refractivity contribution in [3.05, 3.63) is 70.2 Å². The molecule has 4 rings (SSSR count). The number of likely N-dealkylation sites (tertiary alicyclic amines) is 1. The molecular weight excluding hydrogens is 435 g/mol. The fraction of sp³-hybridized carbons (Fsp3) is 0.538. The van der Waals surface area contributed by atoms with Crippen molar-refractivity contribution in [2.24, 2.45) is 5.92 Å². The van der Waals surface area contributed by atoms with Crippen LogP contribution in [0, 0.1) is 5.92 Å². The maximum Gasteiger partial charge on any atom is 0.416 e. The molecule has 0 bridgehead atoms. The fourth-order valence-corrected chi connectivity index (χ4v) is 5.48. The van der Waals surface area contributed by atoms with Crippen LogP contribution in [0.25, 0.3) is 0 Å². The number of β-amino-alcohol motifs (C(OH)–C–C–N with tert-alkyl or cyclic N) is 1. The second-order valence-corrected chi connectivity index (χ2v) is 9.97. The minimum Gasteiger partial charge on any atom is -0.391 e. The number of alkyl halides is 3. The number of halogens is 4. The Kier molecular flexibility index (Phi) is 7.18. The van der Waals surface area contributed by atoms with E-state index in [0.717, 1.165) is 63.6 Å².